The van der Waals surface area contributed by atoms with Gasteiger partial charge in [-0.3, -0.25) is 9.59 Å². The smallest absolute Gasteiger partial charge is 0.257 e. The standard InChI is InChI=1S/C18H21FN2O3/c19-14-8-4-7-12-16(14)20-9-13(17(12)23)18(24)21-15(10-22)11-5-2-1-3-6-11/h4,7-9,11,15,22H,1-3,5-6,10H2,(H,20,23)(H,21,24)/t15-/m1/s1. The predicted molar refractivity (Wildman–Crippen MR) is 89.4 cm³/mol. The van der Waals surface area contributed by atoms with Gasteiger partial charge < -0.3 is 15.4 Å². The number of benzene rings is 1. The molecule has 1 atom stereocenters. The molecule has 1 fully saturated rings. The van der Waals surface area contributed by atoms with Gasteiger partial charge in [0, 0.05) is 11.6 Å². The minimum Gasteiger partial charge on any atom is -0.394 e. The largest absolute Gasteiger partial charge is 0.394 e. The molecule has 24 heavy (non-hydrogen) atoms. The van der Waals surface area contributed by atoms with E-state index >= 15 is 0 Å². The first-order valence-electron chi connectivity index (χ1n) is 8.33. The summed E-state index contributed by atoms with van der Waals surface area (Å²) < 4.78 is 13.7. The SMILES string of the molecule is O=C(N[C@H](CO)C1CCCCC1)c1c[nH]c2c(F)cccc2c1=O. The average Bonchev–Trinajstić information content (AvgIpc) is 2.61. The maximum Gasteiger partial charge on any atom is 0.257 e. The zero-order valence-electron chi connectivity index (χ0n) is 13.3. The van der Waals surface area contributed by atoms with Crippen molar-refractivity contribution in [1.29, 1.82) is 0 Å². The van der Waals surface area contributed by atoms with Crippen LogP contribution in [0.15, 0.2) is 29.2 Å². The van der Waals surface area contributed by atoms with E-state index in [2.05, 4.69) is 10.3 Å². The highest BCUT2D eigenvalue weighted by Gasteiger charge is 2.26. The zero-order chi connectivity index (χ0) is 17.1. The molecule has 1 saturated carbocycles. The highest BCUT2D eigenvalue weighted by Crippen LogP contribution is 2.26. The van der Waals surface area contributed by atoms with Crippen LogP contribution in [-0.4, -0.2) is 28.6 Å². The normalized spacial score (nSPS) is 16.9. The van der Waals surface area contributed by atoms with Crippen LogP contribution in [0.2, 0.25) is 0 Å². The Hall–Kier alpha value is -2.21. The Morgan fingerprint density at radius 2 is 2.08 bits per heavy atom. The van der Waals surface area contributed by atoms with Crippen molar-refractivity contribution in [1.82, 2.24) is 10.3 Å². The molecule has 128 valence electrons. The van der Waals surface area contributed by atoms with Crippen LogP contribution in [0.25, 0.3) is 10.9 Å². The fraction of sp³-hybridized carbons (Fsp3) is 0.444. The van der Waals surface area contributed by atoms with Crippen molar-refractivity contribution in [3.05, 3.63) is 46.0 Å². The van der Waals surface area contributed by atoms with Crippen molar-refractivity contribution < 1.29 is 14.3 Å². The van der Waals surface area contributed by atoms with Gasteiger partial charge in [0.1, 0.15) is 11.4 Å². The van der Waals surface area contributed by atoms with Crippen molar-refractivity contribution in [2.45, 2.75) is 38.1 Å². The lowest BCUT2D eigenvalue weighted by Gasteiger charge is -2.29. The molecule has 6 heteroatoms. The molecule has 3 rings (SSSR count). The quantitative estimate of drug-likeness (QED) is 0.804. The van der Waals surface area contributed by atoms with E-state index in [0.717, 1.165) is 25.7 Å². The Morgan fingerprint density at radius 3 is 2.79 bits per heavy atom. The number of halogens is 1. The number of aromatic nitrogens is 1. The number of pyridine rings is 1. The van der Waals surface area contributed by atoms with Crippen molar-refractivity contribution >= 4 is 16.8 Å². The Morgan fingerprint density at radius 1 is 1.33 bits per heavy atom. The first kappa shape index (κ1) is 16.6. The van der Waals surface area contributed by atoms with Gasteiger partial charge in [-0.25, -0.2) is 4.39 Å². The number of para-hydroxylation sites is 1. The molecule has 1 amide bonds. The lowest BCUT2D eigenvalue weighted by atomic mass is 9.84. The first-order chi connectivity index (χ1) is 11.6. The second kappa shape index (κ2) is 7.13. The van der Waals surface area contributed by atoms with Crippen LogP contribution in [0.4, 0.5) is 4.39 Å². The van der Waals surface area contributed by atoms with Gasteiger partial charge in [0.15, 0.2) is 0 Å². The number of H-pyrrole nitrogens is 1. The number of aliphatic hydroxyl groups excluding tert-OH is 1. The van der Waals surface area contributed by atoms with E-state index in [9.17, 15) is 19.1 Å². The topological polar surface area (TPSA) is 82.2 Å². The molecule has 1 aliphatic rings. The van der Waals surface area contributed by atoms with E-state index in [4.69, 9.17) is 0 Å². The Kier molecular flexibility index (Phi) is 4.94. The highest BCUT2D eigenvalue weighted by atomic mass is 19.1. The molecule has 5 nitrogen and oxygen atoms in total. The third-order valence-corrected chi connectivity index (χ3v) is 4.84. The number of carbonyl (C=O) groups is 1. The van der Waals surface area contributed by atoms with Crippen molar-refractivity contribution in [2.75, 3.05) is 6.61 Å². The summed E-state index contributed by atoms with van der Waals surface area (Å²) in [7, 11) is 0. The predicted octanol–water partition coefficient (Wildman–Crippen LogP) is 2.34. The third kappa shape index (κ3) is 3.19. The van der Waals surface area contributed by atoms with Crippen LogP contribution in [-0.2, 0) is 0 Å². The summed E-state index contributed by atoms with van der Waals surface area (Å²) in [5.41, 5.74) is -0.492. The summed E-state index contributed by atoms with van der Waals surface area (Å²) in [6.07, 6.45) is 6.52. The van der Waals surface area contributed by atoms with E-state index < -0.39 is 17.2 Å². The summed E-state index contributed by atoms with van der Waals surface area (Å²) in [5.74, 6) is -0.844. The molecule has 0 aliphatic heterocycles. The van der Waals surface area contributed by atoms with Crippen molar-refractivity contribution in [3.8, 4) is 0 Å². The molecule has 0 saturated heterocycles. The molecule has 1 aliphatic carbocycles. The van der Waals surface area contributed by atoms with Crippen LogP contribution in [0.5, 0.6) is 0 Å². The van der Waals surface area contributed by atoms with Crippen molar-refractivity contribution in [3.63, 3.8) is 0 Å². The summed E-state index contributed by atoms with van der Waals surface area (Å²) in [5, 5.41) is 12.5. The van der Waals surface area contributed by atoms with E-state index in [-0.39, 0.29) is 35.0 Å². The molecule has 1 aromatic heterocycles. The summed E-state index contributed by atoms with van der Waals surface area (Å²) in [6.45, 7) is -0.156. The van der Waals surface area contributed by atoms with Crippen LogP contribution >= 0.6 is 0 Å². The fourth-order valence-corrected chi connectivity index (χ4v) is 3.48. The Labute approximate surface area is 138 Å². The number of amides is 1. The molecule has 0 bridgehead atoms. The maximum absolute atomic E-state index is 13.7. The van der Waals surface area contributed by atoms with Crippen molar-refractivity contribution in [2.24, 2.45) is 5.92 Å². The lowest BCUT2D eigenvalue weighted by Crippen LogP contribution is -2.44. The zero-order valence-corrected chi connectivity index (χ0v) is 13.3. The van der Waals surface area contributed by atoms with Gasteiger partial charge in [-0.15, -0.1) is 0 Å². The van der Waals surface area contributed by atoms with E-state index in [0.29, 0.717) is 0 Å². The number of nitrogens with one attached hydrogen (secondary N) is 2. The van der Waals surface area contributed by atoms with Crippen LogP contribution in [0.3, 0.4) is 0 Å². The minimum atomic E-state index is -0.535. The molecule has 0 unspecified atom stereocenters. The molecular formula is C18H21FN2O3. The molecule has 1 heterocycles. The average molecular weight is 332 g/mol. The van der Waals surface area contributed by atoms with E-state index in [1.165, 1.54) is 30.8 Å². The Balaban J connectivity index is 1.85. The second-order valence-corrected chi connectivity index (χ2v) is 6.35. The van der Waals surface area contributed by atoms with Gasteiger partial charge in [0.25, 0.3) is 5.91 Å². The number of hydrogen-bond donors (Lipinski definition) is 3. The number of carbonyl (C=O) groups excluding carboxylic acids is 1. The second-order valence-electron chi connectivity index (χ2n) is 6.35. The lowest BCUT2D eigenvalue weighted by molar-refractivity contribution is 0.0869. The minimum absolute atomic E-state index is 0.0673. The van der Waals surface area contributed by atoms with Gasteiger partial charge >= 0.3 is 0 Å². The van der Waals surface area contributed by atoms with Crippen LogP contribution in [0.1, 0.15) is 42.5 Å². The monoisotopic (exact) mass is 332 g/mol. The number of aromatic amines is 1. The van der Waals surface area contributed by atoms with Crippen LogP contribution in [0, 0.1) is 11.7 Å². The third-order valence-electron chi connectivity index (χ3n) is 4.84. The summed E-state index contributed by atoms with van der Waals surface area (Å²) >= 11 is 0. The molecule has 2 aromatic rings. The molecule has 3 N–H and O–H groups in total. The van der Waals surface area contributed by atoms with E-state index in [1.54, 1.807) is 0 Å². The summed E-state index contributed by atoms with van der Waals surface area (Å²) in [6, 6.07) is 3.81. The van der Waals surface area contributed by atoms with Gasteiger partial charge in [0.2, 0.25) is 5.43 Å². The molecule has 0 radical (unpaired) electrons. The number of rotatable bonds is 4. The van der Waals surface area contributed by atoms with Gasteiger partial charge in [0.05, 0.1) is 18.2 Å². The van der Waals surface area contributed by atoms with E-state index in [1.807, 2.05) is 0 Å². The van der Waals surface area contributed by atoms with Crippen LogP contribution < -0.4 is 10.7 Å². The first-order valence-corrected chi connectivity index (χ1v) is 8.33. The maximum atomic E-state index is 13.7. The number of fused-ring (bicyclic) bond motifs is 1. The number of hydrogen-bond acceptors (Lipinski definition) is 3. The summed E-state index contributed by atoms with van der Waals surface area (Å²) in [4.78, 5) is 27.6. The van der Waals surface area contributed by atoms with Gasteiger partial charge in [-0.05, 0) is 30.9 Å². The van der Waals surface area contributed by atoms with Gasteiger partial charge in [-0.1, -0.05) is 25.3 Å². The highest BCUT2D eigenvalue weighted by molar-refractivity contribution is 5.97. The molecule has 0 spiro atoms. The van der Waals surface area contributed by atoms with Gasteiger partial charge in [-0.2, -0.15) is 0 Å². The number of aliphatic hydroxyl groups is 1. The Bertz CT molecular complexity index is 796. The molecule has 1 aromatic carbocycles. The molecular weight excluding hydrogens is 311 g/mol. The fourth-order valence-electron chi connectivity index (χ4n) is 3.48.